The van der Waals surface area contributed by atoms with E-state index in [2.05, 4.69) is 10.9 Å². The Morgan fingerprint density at radius 3 is 2.41 bits per heavy atom. The van der Waals surface area contributed by atoms with Crippen LogP contribution in [-0.2, 0) is 4.79 Å². The van der Waals surface area contributed by atoms with Gasteiger partial charge in [-0.15, -0.1) is 11.8 Å². The van der Waals surface area contributed by atoms with Crippen molar-refractivity contribution in [2.75, 3.05) is 5.75 Å². The van der Waals surface area contributed by atoms with Gasteiger partial charge in [0, 0.05) is 10.5 Å². The average Bonchev–Trinajstić information content (AvgIpc) is 2.52. The Balaban J connectivity index is 1.79. The quantitative estimate of drug-likeness (QED) is 0.673. The van der Waals surface area contributed by atoms with Gasteiger partial charge in [0.2, 0.25) is 5.91 Å². The van der Waals surface area contributed by atoms with E-state index in [9.17, 15) is 14.0 Å². The first-order valence-electron chi connectivity index (χ1n) is 6.59. The van der Waals surface area contributed by atoms with Gasteiger partial charge in [-0.05, 0) is 31.2 Å². The van der Waals surface area contributed by atoms with Crippen LogP contribution in [0, 0.1) is 12.7 Å². The van der Waals surface area contributed by atoms with Crippen LogP contribution in [0.15, 0.2) is 53.4 Å². The molecule has 0 aliphatic rings. The molecule has 22 heavy (non-hydrogen) atoms. The number of amides is 2. The van der Waals surface area contributed by atoms with E-state index in [0.29, 0.717) is 10.5 Å². The van der Waals surface area contributed by atoms with E-state index in [4.69, 9.17) is 0 Å². The summed E-state index contributed by atoms with van der Waals surface area (Å²) in [4.78, 5) is 23.8. The molecule has 0 spiro atoms. The molecule has 0 unspecified atom stereocenters. The third kappa shape index (κ3) is 4.60. The lowest BCUT2D eigenvalue weighted by Gasteiger charge is -2.07. The van der Waals surface area contributed by atoms with Crippen molar-refractivity contribution in [1.29, 1.82) is 0 Å². The molecule has 2 aromatic rings. The molecule has 0 aromatic heterocycles. The molecule has 0 fully saturated rings. The lowest BCUT2D eigenvalue weighted by atomic mass is 10.1. The first-order chi connectivity index (χ1) is 10.6. The number of halogens is 1. The molecule has 0 saturated carbocycles. The summed E-state index contributed by atoms with van der Waals surface area (Å²) in [6.07, 6.45) is 0. The summed E-state index contributed by atoms with van der Waals surface area (Å²) in [6, 6.07) is 13.2. The first kappa shape index (κ1) is 16.0. The van der Waals surface area contributed by atoms with E-state index in [0.717, 1.165) is 17.3 Å². The summed E-state index contributed by atoms with van der Waals surface area (Å²) in [5.74, 6) is -1.17. The van der Waals surface area contributed by atoms with Gasteiger partial charge in [-0.2, -0.15) is 0 Å². The zero-order valence-electron chi connectivity index (χ0n) is 11.9. The number of hydrogen-bond acceptors (Lipinski definition) is 3. The number of hydrazine groups is 1. The topological polar surface area (TPSA) is 58.2 Å². The Morgan fingerprint density at radius 2 is 1.73 bits per heavy atom. The van der Waals surface area contributed by atoms with E-state index in [1.54, 1.807) is 30.3 Å². The molecule has 0 atom stereocenters. The minimum Gasteiger partial charge on any atom is -0.272 e. The Kier molecular flexibility index (Phi) is 5.55. The fraction of sp³-hybridized carbons (Fsp3) is 0.125. The Labute approximate surface area is 132 Å². The van der Waals surface area contributed by atoms with Gasteiger partial charge in [0.15, 0.2) is 0 Å². The van der Waals surface area contributed by atoms with Crippen molar-refractivity contribution in [3.8, 4) is 0 Å². The van der Waals surface area contributed by atoms with E-state index >= 15 is 0 Å². The van der Waals surface area contributed by atoms with Crippen LogP contribution in [0.4, 0.5) is 4.39 Å². The van der Waals surface area contributed by atoms with Gasteiger partial charge in [-0.1, -0.05) is 29.8 Å². The maximum Gasteiger partial charge on any atom is 0.269 e. The van der Waals surface area contributed by atoms with Gasteiger partial charge >= 0.3 is 0 Å². The van der Waals surface area contributed by atoms with Crippen molar-refractivity contribution in [2.45, 2.75) is 11.8 Å². The Hall–Kier alpha value is -2.34. The smallest absolute Gasteiger partial charge is 0.269 e. The second kappa shape index (κ2) is 7.61. The maximum absolute atomic E-state index is 13.4. The summed E-state index contributed by atoms with van der Waals surface area (Å²) >= 11 is 1.07. The van der Waals surface area contributed by atoms with E-state index in [1.165, 1.54) is 6.07 Å². The van der Waals surface area contributed by atoms with Gasteiger partial charge in [-0.25, -0.2) is 4.39 Å². The highest BCUT2D eigenvalue weighted by Crippen LogP contribution is 2.20. The van der Waals surface area contributed by atoms with Crippen LogP contribution >= 0.6 is 11.8 Å². The van der Waals surface area contributed by atoms with Crippen molar-refractivity contribution in [3.63, 3.8) is 0 Å². The molecule has 4 nitrogen and oxygen atoms in total. The van der Waals surface area contributed by atoms with E-state index < -0.39 is 11.8 Å². The number of carbonyl (C=O) groups is 2. The zero-order valence-corrected chi connectivity index (χ0v) is 12.7. The maximum atomic E-state index is 13.4. The highest BCUT2D eigenvalue weighted by atomic mass is 32.2. The van der Waals surface area contributed by atoms with Gasteiger partial charge in [0.25, 0.3) is 5.91 Å². The third-order valence-corrected chi connectivity index (χ3v) is 3.87. The summed E-state index contributed by atoms with van der Waals surface area (Å²) in [7, 11) is 0. The fourth-order valence-electron chi connectivity index (χ4n) is 1.64. The molecule has 0 aliphatic carbocycles. The first-order valence-corrected chi connectivity index (χ1v) is 7.58. The normalized spacial score (nSPS) is 10.1. The summed E-state index contributed by atoms with van der Waals surface area (Å²) < 4.78 is 13.4. The molecule has 2 N–H and O–H groups in total. The summed E-state index contributed by atoms with van der Waals surface area (Å²) in [5, 5.41) is 0. The van der Waals surface area contributed by atoms with Crippen LogP contribution in [0.2, 0.25) is 0 Å². The second-order valence-electron chi connectivity index (χ2n) is 4.59. The van der Waals surface area contributed by atoms with Gasteiger partial charge in [0.1, 0.15) is 5.82 Å². The lowest BCUT2D eigenvalue weighted by Crippen LogP contribution is -2.42. The van der Waals surface area contributed by atoms with Crippen LogP contribution in [0.1, 0.15) is 15.9 Å². The molecule has 2 amide bonds. The standard InChI is InChI=1S/C16H15FN2O2S/c1-11-6-8-12(9-7-11)16(21)19-18-15(20)10-22-14-5-3-2-4-13(14)17/h2-9H,10H2,1H3,(H,18,20)(H,19,21). The van der Waals surface area contributed by atoms with Crippen LogP contribution in [0.5, 0.6) is 0 Å². The largest absolute Gasteiger partial charge is 0.272 e. The molecule has 0 aliphatic heterocycles. The van der Waals surface area contributed by atoms with Gasteiger partial charge in [-0.3, -0.25) is 20.4 Å². The molecule has 0 heterocycles. The van der Waals surface area contributed by atoms with Crippen molar-refractivity contribution in [2.24, 2.45) is 0 Å². The second-order valence-corrected chi connectivity index (χ2v) is 5.60. The Bertz CT molecular complexity index is 674. The minimum absolute atomic E-state index is 0.00904. The summed E-state index contributed by atoms with van der Waals surface area (Å²) in [6.45, 7) is 1.92. The van der Waals surface area contributed by atoms with Crippen LogP contribution in [0.25, 0.3) is 0 Å². The summed E-state index contributed by atoms with van der Waals surface area (Å²) in [5.41, 5.74) is 6.12. The molecule has 114 valence electrons. The number of aryl methyl sites for hydroxylation is 1. The predicted molar refractivity (Wildman–Crippen MR) is 83.9 cm³/mol. The number of carbonyl (C=O) groups excluding carboxylic acids is 2. The van der Waals surface area contributed by atoms with E-state index in [1.807, 2.05) is 19.1 Å². The molecule has 0 bridgehead atoms. The molecule has 0 radical (unpaired) electrons. The number of hydrogen-bond donors (Lipinski definition) is 2. The number of thioether (sulfide) groups is 1. The van der Waals surface area contributed by atoms with E-state index in [-0.39, 0.29) is 11.6 Å². The number of rotatable bonds is 4. The molecular weight excluding hydrogens is 303 g/mol. The molecule has 2 rings (SSSR count). The van der Waals surface area contributed by atoms with Crippen LogP contribution in [0.3, 0.4) is 0 Å². The molecular formula is C16H15FN2O2S. The highest BCUT2D eigenvalue weighted by molar-refractivity contribution is 8.00. The van der Waals surface area contributed by atoms with Crippen molar-refractivity contribution < 1.29 is 14.0 Å². The number of nitrogens with one attached hydrogen (secondary N) is 2. The van der Waals surface area contributed by atoms with Crippen molar-refractivity contribution in [1.82, 2.24) is 10.9 Å². The zero-order chi connectivity index (χ0) is 15.9. The molecule has 6 heteroatoms. The highest BCUT2D eigenvalue weighted by Gasteiger charge is 2.09. The fourth-order valence-corrected chi connectivity index (χ4v) is 2.38. The number of benzene rings is 2. The molecule has 0 saturated heterocycles. The van der Waals surface area contributed by atoms with Gasteiger partial charge in [0.05, 0.1) is 5.75 Å². The van der Waals surface area contributed by atoms with Crippen LogP contribution < -0.4 is 10.9 Å². The van der Waals surface area contributed by atoms with Gasteiger partial charge < -0.3 is 0 Å². The minimum atomic E-state index is -0.409. The van der Waals surface area contributed by atoms with Crippen molar-refractivity contribution in [3.05, 3.63) is 65.5 Å². The Morgan fingerprint density at radius 1 is 1.05 bits per heavy atom. The predicted octanol–water partition coefficient (Wildman–Crippen LogP) is 2.69. The lowest BCUT2D eigenvalue weighted by molar-refractivity contribution is -0.119. The SMILES string of the molecule is Cc1ccc(C(=O)NNC(=O)CSc2ccccc2F)cc1. The van der Waals surface area contributed by atoms with Crippen LogP contribution in [-0.4, -0.2) is 17.6 Å². The van der Waals surface area contributed by atoms with Crippen molar-refractivity contribution >= 4 is 23.6 Å². The monoisotopic (exact) mass is 318 g/mol. The average molecular weight is 318 g/mol. The molecule has 2 aromatic carbocycles. The third-order valence-electron chi connectivity index (χ3n) is 2.82.